The minimum atomic E-state index is -1.58. The number of aliphatic hydroxyl groups excluding tert-OH is 1. The van der Waals surface area contributed by atoms with Gasteiger partial charge in [0.2, 0.25) is 0 Å². The Hall–Kier alpha value is -1.76. The third-order valence-corrected chi connectivity index (χ3v) is 3.48. The van der Waals surface area contributed by atoms with E-state index in [1.54, 1.807) is 0 Å². The van der Waals surface area contributed by atoms with Crippen molar-refractivity contribution >= 4 is 11.7 Å². The van der Waals surface area contributed by atoms with Gasteiger partial charge in [-0.2, -0.15) is 0 Å². The minimum absolute atomic E-state index is 0.190. The highest BCUT2D eigenvalue weighted by molar-refractivity contribution is 5.89. The molecule has 0 bridgehead atoms. The van der Waals surface area contributed by atoms with E-state index in [4.69, 9.17) is 0 Å². The number of carbonyl (C=O) groups is 1. The van der Waals surface area contributed by atoms with E-state index in [-0.39, 0.29) is 12.3 Å². The Labute approximate surface area is 114 Å². The number of anilines is 1. The van der Waals surface area contributed by atoms with E-state index < -0.39 is 29.0 Å². The zero-order valence-corrected chi connectivity index (χ0v) is 10.7. The number of urea groups is 1. The molecular formula is C13H15F3N2O2. The topological polar surface area (TPSA) is 61.4 Å². The molecule has 0 radical (unpaired) electrons. The van der Waals surface area contributed by atoms with Gasteiger partial charge in [0.25, 0.3) is 0 Å². The molecule has 1 fully saturated rings. The van der Waals surface area contributed by atoms with Crippen molar-refractivity contribution in [1.29, 1.82) is 0 Å². The third-order valence-electron chi connectivity index (χ3n) is 3.48. The van der Waals surface area contributed by atoms with E-state index in [0.29, 0.717) is 25.0 Å². The Morgan fingerprint density at radius 3 is 2.25 bits per heavy atom. The van der Waals surface area contributed by atoms with Crippen LogP contribution < -0.4 is 10.6 Å². The van der Waals surface area contributed by atoms with Crippen molar-refractivity contribution in [2.45, 2.75) is 31.2 Å². The molecule has 110 valence electrons. The summed E-state index contributed by atoms with van der Waals surface area (Å²) >= 11 is 0. The fourth-order valence-corrected chi connectivity index (χ4v) is 2.41. The van der Waals surface area contributed by atoms with Crippen molar-refractivity contribution in [2.24, 2.45) is 0 Å². The lowest BCUT2D eigenvalue weighted by atomic mass is 9.99. The maximum absolute atomic E-state index is 13.0. The van der Waals surface area contributed by atoms with Gasteiger partial charge in [0.05, 0.1) is 12.1 Å². The van der Waals surface area contributed by atoms with E-state index >= 15 is 0 Å². The zero-order chi connectivity index (χ0) is 14.8. The summed E-state index contributed by atoms with van der Waals surface area (Å²) in [5.74, 6) is -4.34. The average molecular weight is 288 g/mol. The van der Waals surface area contributed by atoms with Gasteiger partial charge in [-0.05, 0) is 12.8 Å². The van der Waals surface area contributed by atoms with Crippen LogP contribution in [0.3, 0.4) is 0 Å². The number of amides is 2. The summed E-state index contributed by atoms with van der Waals surface area (Å²) < 4.78 is 38.8. The van der Waals surface area contributed by atoms with Crippen molar-refractivity contribution in [1.82, 2.24) is 5.32 Å². The highest BCUT2D eigenvalue weighted by Gasteiger charge is 2.34. The first-order valence-corrected chi connectivity index (χ1v) is 6.30. The largest absolute Gasteiger partial charge is 0.394 e. The monoisotopic (exact) mass is 288 g/mol. The van der Waals surface area contributed by atoms with Gasteiger partial charge in [0.1, 0.15) is 0 Å². The number of hydrogen-bond donors (Lipinski definition) is 3. The summed E-state index contributed by atoms with van der Waals surface area (Å²) in [6, 6.07) is 0.697. The van der Waals surface area contributed by atoms with Crippen molar-refractivity contribution in [3.05, 3.63) is 29.6 Å². The standard InChI is InChI=1S/C13H15F3N2O2/c14-9-5-8(6-10(15)11(9)16)17-12(20)18-13(7-19)3-1-2-4-13/h5-6,19H,1-4,7H2,(H2,17,18,20). The number of benzene rings is 1. The molecule has 0 aliphatic heterocycles. The molecule has 2 rings (SSSR count). The van der Waals surface area contributed by atoms with Crippen molar-refractivity contribution in [3.8, 4) is 0 Å². The molecule has 4 nitrogen and oxygen atoms in total. The van der Waals surface area contributed by atoms with Crippen molar-refractivity contribution in [3.63, 3.8) is 0 Å². The SMILES string of the molecule is O=C(Nc1cc(F)c(F)c(F)c1)NC1(CO)CCCC1. The summed E-state index contributed by atoms with van der Waals surface area (Å²) in [5.41, 5.74) is -0.883. The fourth-order valence-electron chi connectivity index (χ4n) is 2.41. The third kappa shape index (κ3) is 3.04. The Bertz CT molecular complexity index is 493. The van der Waals surface area contributed by atoms with E-state index in [1.807, 2.05) is 0 Å². The highest BCUT2D eigenvalue weighted by atomic mass is 19.2. The number of carbonyl (C=O) groups excluding carboxylic acids is 1. The minimum Gasteiger partial charge on any atom is -0.394 e. The van der Waals surface area contributed by atoms with Crippen LogP contribution in [-0.2, 0) is 0 Å². The van der Waals surface area contributed by atoms with E-state index in [2.05, 4.69) is 10.6 Å². The Morgan fingerprint density at radius 1 is 1.20 bits per heavy atom. The predicted molar refractivity (Wildman–Crippen MR) is 66.8 cm³/mol. The van der Waals surface area contributed by atoms with Gasteiger partial charge in [-0.1, -0.05) is 12.8 Å². The second-order valence-electron chi connectivity index (χ2n) is 4.98. The molecule has 0 heterocycles. The molecular weight excluding hydrogens is 273 g/mol. The quantitative estimate of drug-likeness (QED) is 0.748. The molecule has 0 saturated heterocycles. The lowest BCUT2D eigenvalue weighted by molar-refractivity contribution is 0.167. The van der Waals surface area contributed by atoms with E-state index in [1.165, 1.54) is 0 Å². The molecule has 0 atom stereocenters. The molecule has 1 aromatic rings. The number of nitrogens with one attached hydrogen (secondary N) is 2. The smallest absolute Gasteiger partial charge is 0.319 e. The van der Waals surface area contributed by atoms with Crippen LogP contribution in [0, 0.1) is 17.5 Å². The predicted octanol–water partition coefficient (Wildman–Crippen LogP) is 2.53. The first kappa shape index (κ1) is 14.6. The van der Waals surface area contributed by atoms with E-state index in [0.717, 1.165) is 12.8 Å². The number of halogens is 3. The van der Waals surface area contributed by atoms with Crippen LogP contribution in [0.5, 0.6) is 0 Å². The first-order chi connectivity index (χ1) is 9.46. The van der Waals surface area contributed by atoms with Crippen LogP contribution in [0.25, 0.3) is 0 Å². The molecule has 3 N–H and O–H groups in total. The molecule has 7 heteroatoms. The van der Waals surface area contributed by atoms with Gasteiger partial charge in [0.15, 0.2) is 17.5 Å². The molecule has 0 unspecified atom stereocenters. The highest BCUT2D eigenvalue weighted by Crippen LogP contribution is 2.29. The van der Waals surface area contributed by atoms with Crippen LogP contribution in [0.1, 0.15) is 25.7 Å². The molecule has 1 aromatic carbocycles. The average Bonchev–Trinajstić information content (AvgIpc) is 2.84. The van der Waals surface area contributed by atoms with Gasteiger partial charge < -0.3 is 15.7 Å². The van der Waals surface area contributed by atoms with Crippen LogP contribution in [0.15, 0.2) is 12.1 Å². The molecule has 2 amide bonds. The number of aliphatic hydroxyl groups is 1. The molecule has 1 aliphatic carbocycles. The lowest BCUT2D eigenvalue weighted by Gasteiger charge is -2.27. The van der Waals surface area contributed by atoms with Gasteiger partial charge >= 0.3 is 6.03 Å². The summed E-state index contributed by atoms with van der Waals surface area (Å²) in [5, 5.41) is 14.2. The van der Waals surface area contributed by atoms with Crippen molar-refractivity contribution < 1.29 is 23.1 Å². The Kier molecular flexibility index (Phi) is 4.17. The Morgan fingerprint density at radius 2 is 1.75 bits per heavy atom. The van der Waals surface area contributed by atoms with Gasteiger partial charge in [-0.15, -0.1) is 0 Å². The van der Waals surface area contributed by atoms with Crippen LogP contribution in [0.4, 0.5) is 23.7 Å². The number of rotatable bonds is 3. The van der Waals surface area contributed by atoms with Crippen LogP contribution in [0.2, 0.25) is 0 Å². The molecule has 0 spiro atoms. The van der Waals surface area contributed by atoms with E-state index in [9.17, 15) is 23.1 Å². The molecule has 0 aromatic heterocycles. The maximum atomic E-state index is 13.0. The number of hydrogen-bond acceptors (Lipinski definition) is 2. The summed E-state index contributed by atoms with van der Waals surface area (Å²) in [7, 11) is 0. The van der Waals surface area contributed by atoms with Crippen LogP contribution in [-0.4, -0.2) is 23.3 Å². The Balaban J connectivity index is 2.05. The fraction of sp³-hybridized carbons (Fsp3) is 0.462. The summed E-state index contributed by atoms with van der Waals surface area (Å²) in [6.07, 6.45) is 3.06. The second-order valence-corrected chi connectivity index (χ2v) is 4.98. The van der Waals surface area contributed by atoms with Gasteiger partial charge in [-0.25, -0.2) is 18.0 Å². The second kappa shape index (κ2) is 5.70. The maximum Gasteiger partial charge on any atom is 0.319 e. The summed E-state index contributed by atoms with van der Waals surface area (Å²) in [6.45, 7) is -0.202. The normalized spacial score (nSPS) is 17.0. The molecule has 20 heavy (non-hydrogen) atoms. The summed E-state index contributed by atoms with van der Waals surface area (Å²) in [4.78, 5) is 11.8. The van der Waals surface area contributed by atoms with Crippen molar-refractivity contribution in [2.75, 3.05) is 11.9 Å². The first-order valence-electron chi connectivity index (χ1n) is 6.30. The molecule has 1 saturated carbocycles. The van der Waals surface area contributed by atoms with Gasteiger partial charge in [0, 0.05) is 17.8 Å². The lowest BCUT2D eigenvalue weighted by Crippen LogP contribution is -2.50. The zero-order valence-electron chi connectivity index (χ0n) is 10.7. The van der Waals surface area contributed by atoms with Gasteiger partial charge in [-0.3, -0.25) is 0 Å². The van der Waals surface area contributed by atoms with Crippen LogP contribution >= 0.6 is 0 Å². The molecule has 1 aliphatic rings.